The normalized spacial score (nSPS) is 12.8. The van der Waals surface area contributed by atoms with Crippen LogP contribution in [-0.4, -0.2) is 30.5 Å². The second-order valence-corrected chi connectivity index (χ2v) is 6.02. The van der Waals surface area contributed by atoms with E-state index < -0.39 is 32.7 Å². The Morgan fingerprint density at radius 2 is 2.05 bits per heavy atom. The molecule has 0 heterocycles. The van der Waals surface area contributed by atoms with Crippen molar-refractivity contribution in [3.05, 3.63) is 39.9 Å². The third kappa shape index (κ3) is 4.94. The molecule has 1 atom stereocenters. The molecule has 1 unspecified atom stereocenters. The van der Waals surface area contributed by atoms with E-state index in [4.69, 9.17) is 5.11 Å². The van der Waals surface area contributed by atoms with E-state index in [0.29, 0.717) is 0 Å². The number of rotatable bonds is 7. The zero-order chi connectivity index (χ0) is 15.3. The van der Waals surface area contributed by atoms with Gasteiger partial charge in [0.05, 0.1) is 17.1 Å². The van der Waals surface area contributed by atoms with Crippen LogP contribution in [-0.2, 0) is 20.6 Å². The summed E-state index contributed by atoms with van der Waals surface area (Å²) in [6.45, 7) is 1.41. The monoisotopic (exact) mass is 302 g/mol. The largest absolute Gasteiger partial charge is 0.481 e. The second-order valence-electron chi connectivity index (χ2n) is 4.26. The Balaban J connectivity index is 2.87. The highest BCUT2D eigenvalue weighted by molar-refractivity contribution is 7.88. The molecule has 20 heavy (non-hydrogen) atoms. The average molecular weight is 302 g/mol. The molecule has 0 aliphatic rings. The van der Waals surface area contributed by atoms with Crippen molar-refractivity contribution in [2.24, 2.45) is 0 Å². The van der Waals surface area contributed by atoms with Crippen LogP contribution >= 0.6 is 0 Å². The molecule has 0 saturated carbocycles. The number of carboxylic acid groups (broad SMARTS) is 1. The molecular weight excluding hydrogens is 288 g/mol. The van der Waals surface area contributed by atoms with Gasteiger partial charge in [0.15, 0.2) is 0 Å². The highest BCUT2D eigenvalue weighted by Crippen LogP contribution is 2.19. The van der Waals surface area contributed by atoms with Crippen molar-refractivity contribution in [2.45, 2.75) is 25.1 Å². The van der Waals surface area contributed by atoms with Crippen molar-refractivity contribution in [1.82, 2.24) is 4.72 Å². The number of hydrogen-bond acceptors (Lipinski definition) is 5. The summed E-state index contributed by atoms with van der Waals surface area (Å²) in [6, 6.07) is 4.71. The molecule has 0 spiro atoms. The van der Waals surface area contributed by atoms with Crippen LogP contribution in [0.3, 0.4) is 0 Å². The van der Waals surface area contributed by atoms with E-state index in [0.717, 1.165) is 0 Å². The molecule has 8 nitrogen and oxygen atoms in total. The number of benzene rings is 1. The predicted octanol–water partition coefficient (Wildman–Crippen LogP) is 0.877. The maximum absolute atomic E-state index is 11.8. The number of hydrogen-bond donors (Lipinski definition) is 2. The number of sulfonamides is 1. The molecule has 0 saturated heterocycles. The maximum atomic E-state index is 11.8. The van der Waals surface area contributed by atoms with E-state index in [-0.39, 0.29) is 17.7 Å². The number of aliphatic carboxylic acids is 1. The van der Waals surface area contributed by atoms with E-state index in [1.54, 1.807) is 0 Å². The van der Waals surface area contributed by atoms with Gasteiger partial charge in [-0.25, -0.2) is 13.1 Å². The van der Waals surface area contributed by atoms with Crippen molar-refractivity contribution < 1.29 is 23.2 Å². The zero-order valence-electron chi connectivity index (χ0n) is 10.6. The van der Waals surface area contributed by atoms with Gasteiger partial charge in [0.25, 0.3) is 5.69 Å². The lowest BCUT2D eigenvalue weighted by Gasteiger charge is -2.12. The summed E-state index contributed by atoms with van der Waals surface area (Å²) in [5.41, 5.74) is -0.240. The second kappa shape index (κ2) is 6.44. The van der Waals surface area contributed by atoms with Crippen molar-refractivity contribution in [1.29, 1.82) is 0 Å². The Labute approximate surface area is 115 Å². The smallest absolute Gasteiger partial charge is 0.304 e. The standard InChI is InChI=1S/C11H14N2O6S/c1-8(6-11(14)15)12-20(18,19)7-9-4-2-3-5-10(9)13(16)17/h2-5,8,12H,6-7H2,1H3,(H,14,15). The Morgan fingerprint density at radius 3 is 2.60 bits per heavy atom. The first kappa shape index (κ1) is 16.1. The van der Waals surface area contributed by atoms with Crippen molar-refractivity contribution in [3.63, 3.8) is 0 Å². The number of nitro groups is 1. The average Bonchev–Trinajstić information content (AvgIpc) is 2.26. The van der Waals surface area contributed by atoms with Crippen LogP contribution in [0.15, 0.2) is 24.3 Å². The quantitative estimate of drug-likeness (QED) is 0.568. The highest BCUT2D eigenvalue weighted by Gasteiger charge is 2.22. The Hall–Kier alpha value is -2.00. The summed E-state index contributed by atoms with van der Waals surface area (Å²) in [5, 5.41) is 19.4. The summed E-state index contributed by atoms with van der Waals surface area (Å²) in [7, 11) is -3.85. The fourth-order valence-electron chi connectivity index (χ4n) is 1.67. The minimum Gasteiger partial charge on any atom is -0.481 e. The summed E-state index contributed by atoms with van der Waals surface area (Å²) in [4.78, 5) is 20.6. The van der Waals surface area contributed by atoms with E-state index in [9.17, 15) is 23.3 Å². The summed E-state index contributed by atoms with van der Waals surface area (Å²) in [6.07, 6.45) is -0.365. The summed E-state index contributed by atoms with van der Waals surface area (Å²) < 4.78 is 25.9. The molecule has 0 aliphatic heterocycles. The van der Waals surface area contributed by atoms with Crippen molar-refractivity contribution in [2.75, 3.05) is 0 Å². The predicted molar refractivity (Wildman–Crippen MR) is 70.6 cm³/mol. The van der Waals surface area contributed by atoms with E-state index >= 15 is 0 Å². The lowest BCUT2D eigenvalue weighted by Crippen LogP contribution is -2.35. The van der Waals surface area contributed by atoms with Gasteiger partial charge in [0, 0.05) is 17.7 Å². The molecule has 1 aromatic carbocycles. The van der Waals surface area contributed by atoms with Gasteiger partial charge in [-0.1, -0.05) is 18.2 Å². The van der Waals surface area contributed by atoms with E-state index in [1.807, 2.05) is 0 Å². The fourth-order valence-corrected chi connectivity index (χ4v) is 3.10. The van der Waals surface area contributed by atoms with Gasteiger partial charge in [-0.3, -0.25) is 14.9 Å². The third-order valence-corrected chi connectivity index (χ3v) is 3.85. The summed E-state index contributed by atoms with van der Waals surface area (Å²) >= 11 is 0. The number of nitro benzene ring substituents is 1. The van der Waals surface area contributed by atoms with Crippen LogP contribution in [0.2, 0.25) is 0 Å². The summed E-state index contributed by atoms with van der Waals surface area (Å²) in [5.74, 6) is -1.71. The van der Waals surface area contributed by atoms with E-state index in [2.05, 4.69) is 4.72 Å². The first-order valence-corrected chi connectivity index (χ1v) is 7.30. The van der Waals surface area contributed by atoms with Crippen LogP contribution in [0.1, 0.15) is 18.9 Å². The van der Waals surface area contributed by atoms with Gasteiger partial charge in [-0.05, 0) is 6.92 Å². The molecule has 110 valence electrons. The molecule has 0 bridgehead atoms. The number of carbonyl (C=O) groups is 1. The molecule has 0 radical (unpaired) electrons. The molecule has 0 fully saturated rings. The van der Waals surface area contributed by atoms with Gasteiger partial charge in [0.2, 0.25) is 10.0 Å². The molecule has 2 N–H and O–H groups in total. The van der Waals surface area contributed by atoms with Crippen molar-refractivity contribution in [3.8, 4) is 0 Å². The number of para-hydroxylation sites is 1. The fraction of sp³-hybridized carbons (Fsp3) is 0.364. The minimum atomic E-state index is -3.85. The van der Waals surface area contributed by atoms with Gasteiger partial charge >= 0.3 is 5.97 Å². The Kier molecular flexibility index (Phi) is 5.17. The van der Waals surface area contributed by atoms with Crippen LogP contribution in [0.25, 0.3) is 0 Å². The third-order valence-electron chi connectivity index (χ3n) is 2.40. The first-order valence-electron chi connectivity index (χ1n) is 5.65. The SMILES string of the molecule is CC(CC(=O)O)NS(=O)(=O)Cc1ccccc1[N+](=O)[O-]. The van der Waals surface area contributed by atoms with Gasteiger partial charge in [0.1, 0.15) is 0 Å². The topological polar surface area (TPSA) is 127 Å². The molecule has 9 heteroatoms. The Morgan fingerprint density at radius 1 is 1.45 bits per heavy atom. The molecule has 0 aromatic heterocycles. The molecule has 0 aliphatic carbocycles. The van der Waals surface area contributed by atoms with Crippen LogP contribution in [0, 0.1) is 10.1 Å². The first-order chi connectivity index (χ1) is 9.21. The molecule has 1 rings (SSSR count). The van der Waals surface area contributed by atoms with Crippen LogP contribution in [0.5, 0.6) is 0 Å². The zero-order valence-corrected chi connectivity index (χ0v) is 11.5. The molecule has 0 amide bonds. The van der Waals surface area contributed by atoms with Gasteiger partial charge in [-0.15, -0.1) is 0 Å². The number of carboxylic acids is 1. The van der Waals surface area contributed by atoms with Gasteiger partial charge < -0.3 is 5.11 Å². The number of nitrogens with zero attached hydrogens (tertiary/aromatic N) is 1. The molecular formula is C11H14N2O6S. The van der Waals surface area contributed by atoms with Gasteiger partial charge in [-0.2, -0.15) is 0 Å². The van der Waals surface area contributed by atoms with Crippen LogP contribution < -0.4 is 4.72 Å². The van der Waals surface area contributed by atoms with E-state index in [1.165, 1.54) is 31.2 Å². The molecule has 1 aromatic rings. The maximum Gasteiger partial charge on any atom is 0.304 e. The number of nitrogens with one attached hydrogen (secondary N) is 1. The van der Waals surface area contributed by atoms with Crippen LogP contribution in [0.4, 0.5) is 5.69 Å². The highest BCUT2D eigenvalue weighted by atomic mass is 32.2. The van der Waals surface area contributed by atoms with Crippen molar-refractivity contribution >= 4 is 21.7 Å². The lowest BCUT2D eigenvalue weighted by atomic mass is 10.2. The minimum absolute atomic E-state index is 0.0486. The lowest BCUT2D eigenvalue weighted by molar-refractivity contribution is -0.385. The Bertz CT molecular complexity index is 613.